The van der Waals surface area contributed by atoms with Gasteiger partial charge in [-0.1, -0.05) is 23.2 Å². The molecule has 0 aliphatic rings. The van der Waals surface area contributed by atoms with Crippen molar-refractivity contribution in [1.29, 1.82) is 0 Å². The van der Waals surface area contributed by atoms with Crippen LogP contribution in [-0.2, 0) is 0 Å². The number of rotatable bonds is 2. The van der Waals surface area contributed by atoms with E-state index in [1.807, 2.05) is 0 Å². The second-order valence-corrected chi connectivity index (χ2v) is 3.73. The number of carbonyl (C=O) groups excluding carboxylic acids is 1. The van der Waals surface area contributed by atoms with Gasteiger partial charge in [0.25, 0.3) is 5.91 Å². The molecule has 1 rings (SSSR count). The van der Waals surface area contributed by atoms with Crippen LogP contribution in [0.4, 0.5) is 0 Å². The van der Waals surface area contributed by atoms with Gasteiger partial charge in [0.1, 0.15) is 5.75 Å². The van der Waals surface area contributed by atoms with Gasteiger partial charge >= 0.3 is 0 Å². The fourth-order valence-electron chi connectivity index (χ4n) is 1.12. The number of nitrogens with zero attached hydrogens (tertiary/aromatic N) is 1. The molecule has 1 aromatic rings. The zero-order valence-electron chi connectivity index (χ0n) is 8.25. The summed E-state index contributed by atoms with van der Waals surface area (Å²) in [6.07, 6.45) is 0. The van der Waals surface area contributed by atoms with E-state index in [4.69, 9.17) is 33.8 Å². The fourth-order valence-corrected chi connectivity index (χ4v) is 1.69. The van der Waals surface area contributed by atoms with E-state index in [2.05, 4.69) is 0 Å². The highest BCUT2D eigenvalue weighted by Crippen LogP contribution is 2.32. The van der Waals surface area contributed by atoms with Gasteiger partial charge < -0.3 is 4.74 Å². The lowest BCUT2D eigenvalue weighted by Crippen LogP contribution is -2.33. The Morgan fingerprint density at radius 3 is 2.53 bits per heavy atom. The maximum absolute atomic E-state index is 11.6. The Hall–Kier alpha value is -0.970. The molecule has 0 aromatic heterocycles. The number of halogens is 2. The third-order valence-electron chi connectivity index (χ3n) is 1.76. The van der Waals surface area contributed by atoms with Gasteiger partial charge in [0.2, 0.25) is 0 Å². The molecular weight excluding hydrogens is 239 g/mol. The normalized spacial score (nSPS) is 9.93. The van der Waals surface area contributed by atoms with E-state index < -0.39 is 5.91 Å². The smallest absolute Gasteiger partial charge is 0.271 e. The minimum atomic E-state index is -0.420. The number of hydrogen-bond acceptors (Lipinski definition) is 3. The standard InChI is InChI=1S/C9H10Cl2N2O2/c1-13(12)9(14)6-3-5(10)4-7(11)8(6)15-2/h3-4H,12H2,1-2H3. The number of benzene rings is 1. The molecule has 0 saturated heterocycles. The minimum absolute atomic E-state index is 0.236. The van der Waals surface area contributed by atoms with Crippen molar-refractivity contribution < 1.29 is 9.53 Å². The average molecular weight is 249 g/mol. The second kappa shape index (κ2) is 4.70. The molecule has 0 aliphatic heterocycles. The summed E-state index contributed by atoms with van der Waals surface area (Å²) in [5.74, 6) is 5.18. The molecule has 6 heteroatoms. The number of methoxy groups -OCH3 is 1. The number of ether oxygens (including phenoxy) is 1. The third-order valence-corrected chi connectivity index (χ3v) is 2.26. The summed E-state index contributed by atoms with van der Waals surface area (Å²) in [6.45, 7) is 0. The van der Waals surface area contributed by atoms with Gasteiger partial charge in [-0.2, -0.15) is 0 Å². The summed E-state index contributed by atoms with van der Waals surface area (Å²) in [7, 11) is 2.85. The molecule has 0 unspecified atom stereocenters. The van der Waals surface area contributed by atoms with Crippen LogP contribution in [0.2, 0.25) is 10.0 Å². The summed E-state index contributed by atoms with van der Waals surface area (Å²) in [5.41, 5.74) is 0.236. The van der Waals surface area contributed by atoms with Crippen molar-refractivity contribution in [3.63, 3.8) is 0 Å². The van der Waals surface area contributed by atoms with E-state index >= 15 is 0 Å². The molecule has 0 aliphatic carbocycles. The predicted octanol–water partition coefficient (Wildman–Crippen LogP) is 1.95. The van der Waals surface area contributed by atoms with Gasteiger partial charge in [0.15, 0.2) is 0 Å². The molecule has 0 radical (unpaired) electrons. The Balaban J connectivity index is 3.32. The maximum atomic E-state index is 11.6. The molecule has 0 heterocycles. The quantitative estimate of drug-likeness (QED) is 0.495. The number of amides is 1. The molecule has 2 N–H and O–H groups in total. The highest BCUT2D eigenvalue weighted by atomic mass is 35.5. The molecule has 0 saturated carbocycles. The lowest BCUT2D eigenvalue weighted by Gasteiger charge is -2.14. The monoisotopic (exact) mass is 248 g/mol. The second-order valence-electron chi connectivity index (χ2n) is 2.88. The van der Waals surface area contributed by atoms with Crippen LogP contribution < -0.4 is 10.6 Å². The van der Waals surface area contributed by atoms with Crippen LogP contribution >= 0.6 is 23.2 Å². The van der Waals surface area contributed by atoms with Crippen LogP contribution in [0.25, 0.3) is 0 Å². The first-order chi connectivity index (χ1) is 6.97. The average Bonchev–Trinajstić information content (AvgIpc) is 2.15. The molecule has 0 spiro atoms. The summed E-state index contributed by atoms with van der Waals surface area (Å²) in [4.78, 5) is 11.6. The van der Waals surface area contributed by atoms with Crippen molar-refractivity contribution in [3.8, 4) is 5.75 Å². The Labute approximate surface area is 97.5 Å². The van der Waals surface area contributed by atoms with Crippen LogP contribution in [0, 0.1) is 0 Å². The molecule has 0 fully saturated rings. The molecule has 0 bridgehead atoms. The molecular formula is C9H10Cl2N2O2. The van der Waals surface area contributed by atoms with Crippen molar-refractivity contribution in [2.75, 3.05) is 14.2 Å². The minimum Gasteiger partial charge on any atom is -0.494 e. The van der Waals surface area contributed by atoms with Crippen molar-refractivity contribution >= 4 is 29.1 Å². The predicted molar refractivity (Wildman–Crippen MR) is 59.3 cm³/mol. The van der Waals surface area contributed by atoms with Crippen molar-refractivity contribution in [1.82, 2.24) is 5.01 Å². The maximum Gasteiger partial charge on any atom is 0.271 e. The van der Waals surface area contributed by atoms with E-state index in [1.165, 1.54) is 26.3 Å². The van der Waals surface area contributed by atoms with Gasteiger partial charge in [-0.15, -0.1) is 0 Å². The van der Waals surface area contributed by atoms with E-state index in [1.54, 1.807) is 0 Å². The van der Waals surface area contributed by atoms with E-state index in [0.717, 1.165) is 5.01 Å². The molecule has 1 aromatic carbocycles. The van der Waals surface area contributed by atoms with E-state index in [0.29, 0.717) is 5.02 Å². The van der Waals surface area contributed by atoms with Gasteiger partial charge in [-0.05, 0) is 12.1 Å². The molecule has 4 nitrogen and oxygen atoms in total. The Bertz CT molecular complexity index is 394. The van der Waals surface area contributed by atoms with Crippen LogP contribution in [-0.4, -0.2) is 25.1 Å². The lowest BCUT2D eigenvalue weighted by molar-refractivity contribution is 0.0792. The molecule has 15 heavy (non-hydrogen) atoms. The van der Waals surface area contributed by atoms with Gasteiger partial charge in [-0.3, -0.25) is 9.80 Å². The Kier molecular flexibility index (Phi) is 3.79. The molecule has 0 atom stereocenters. The first-order valence-electron chi connectivity index (χ1n) is 4.03. The van der Waals surface area contributed by atoms with Crippen molar-refractivity contribution in [3.05, 3.63) is 27.7 Å². The summed E-state index contributed by atoms with van der Waals surface area (Å²) < 4.78 is 5.01. The van der Waals surface area contributed by atoms with Crippen LogP contribution in [0.5, 0.6) is 5.75 Å². The fraction of sp³-hybridized carbons (Fsp3) is 0.222. The lowest BCUT2D eigenvalue weighted by atomic mass is 10.2. The Morgan fingerprint density at radius 2 is 2.07 bits per heavy atom. The molecule has 82 valence electrons. The summed E-state index contributed by atoms with van der Waals surface area (Å²) >= 11 is 11.6. The van der Waals surface area contributed by atoms with E-state index in [-0.39, 0.29) is 16.3 Å². The van der Waals surface area contributed by atoms with E-state index in [9.17, 15) is 4.79 Å². The van der Waals surface area contributed by atoms with Gasteiger partial charge in [0, 0.05) is 12.1 Å². The first kappa shape index (κ1) is 12.1. The van der Waals surface area contributed by atoms with Gasteiger partial charge in [-0.25, -0.2) is 5.84 Å². The van der Waals surface area contributed by atoms with Crippen molar-refractivity contribution in [2.45, 2.75) is 0 Å². The number of hydrogen-bond donors (Lipinski definition) is 1. The summed E-state index contributed by atoms with van der Waals surface area (Å²) in [5, 5.41) is 1.56. The van der Waals surface area contributed by atoms with Crippen LogP contribution in [0.15, 0.2) is 12.1 Å². The highest BCUT2D eigenvalue weighted by molar-refractivity contribution is 6.36. The topological polar surface area (TPSA) is 55.6 Å². The van der Waals surface area contributed by atoms with Crippen molar-refractivity contribution in [2.24, 2.45) is 5.84 Å². The zero-order valence-corrected chi connectivity index (χ0v) is 9.76. The first-order valence-corrected chi connectivity index (χ1v) is 4.78. The SMILES string of the molecule is COc1c(Cl)cc(Cl)cc1C(=O)N(C)N. The number of carbonyl (C=O) groups is 1. The Morgan fingerprint density at radius 1 is 1.47 bits per heavy atom. The largest absolute Gasteiger partial charge is 0.494 e. The van der Waals surface area contributed by atoms with Crippen LogP contribution in [0.1, 0.15) is 10.4 Å². The number of nitrogens with two attached hydrogens (primary N) is 1. The number of hydrazine groups is 1. The molecule has 1 amide bonds. The third kappa shape index (κ3) is 2.53. The zero-order chi connectivity index (χ0) is 11.6. The highest BCUT2D eigenvalue weighted by Gasteiger charge is 2.18. The van der Waals surface area contributed by atoms with Gasteiger partial charge in [0.05, 0.1) is 17.7 Å². The summed E-state index contributed by atoms with van der Waals surface area (Å²) in [6, 6.07) is 2.95. The van der Waals surface area contributed by atoms with Crippen LogP contribution in [0.3, 0.4) is 0 Å².